The zero-order valence-electron chi connectivity index (χ0n) is 9.58. The molecule has 16 heavy (non-hydrogen) atoms. The normalized spacial score (nSPS) is 28.8. The van der Waals surface area contributed by atoms with Gasteiger partial charge in [0, 0.05) is 5.71 Å². The highest BCUT2D eigenvalue weighted by molar-refractivity contribution is 6.02. The van der Waals surface area contributed by atoms with Crippen molar-refractivity contribution in [2.24, 2.45) is 4.99 Å². The second kappa shape index (κ2) is 3.58. The van der Waals surface area contributed by atoms with E-state index >= 15 is 0 Å². The molecule has 0 unspecified atom stereocenters. The molecule has 2 aliphatic rings. The van der Waals surface area contributed by atoms with Gasteiger partial charge in [0.1, 0.15) is 0 Å². The maximum atomic E-state index is 5.00. The first-order chi connectivity index (χ1) is 7.77. The topological polar surface area (TPSA) is 12.4 Å². The van der Waals surface area contributed by atoms with E-state index in [1.807, 2.05) is 0 Å². The molecule has 0 N–H and O–H groups in total. The molecule has 0 radical (unpaired) electrons. The van der Waals surface area contributed by atoms with E-state index in [9.17, 15) is 0 Å². The van der Waals surface area contributed by atoms with Crippen molar-refractivity contribution in [1.82, 2.24) is 0 Å². The Morgan fingerprint density at radius 1 is 1.06 bits per heavy atom. The summed E-state index contributed by atoms with van der Waals surface area (Å²) >= 11 is 0. The third kappa shape index (κ3) is 1.60. The molecule has 1 aliphatic heterocycles. The quantitative estimate of drug-likeness (QED) is 0.627. The van der Waals surface area contributed by atoms with Crippen LogP contribution in [0.4, 0.5) is 0 Å². The fourth-order valence-corrected chi connectivity index (χ4v) is 2.95. The highest BCUT2D eigenvalue weighted by Gasteiger charge is 2.39. The molecular formula is C15H17N. The fraction of sp³-hybridized carbons (Fsp3) is 0.400. The minimum atomic E-state index is 0.224. The molecule has 1 aromatic carbocycles. The van der Waals surface area contributed by atoms with E-state index in [4.69, 9.17) is 4.99 Å². The molecule has 0 bridgehead atoms. The Morgan fingerprint density at radius 2 is 1.81 bits per heavy atom. The highest BCUT2D eigenvalue weighted by atomic mass is 14.9. The molecule has 1 atom stereocenters. The molecule has 1 heteroatoms. The number of aliphatic imine (C=N–C) groups is 1. The van der Waals surface area contributed by atoms with E-state index in [-0.39, 0.29) is 5.54 Å². The van der Waals surface area contributed by atoms with E-state index < -0.39 is 0 Å². The predicted octanol–water partition coefficient (Wildman–Crippen LogP) is 3.75. The van der Waals surface area contributed by atoms with Crippen LogP contribution < -0.4 is 0 Å². The molecule has 0 saturated heterocycles. The lowest BCUT2D eigenvalue weighted by atomic mass is 9.94. The van der Waals surface area contributed by atoms with Gasteiger partial charge in [-0.2, -0.15) is 0 Å². The summed E-state index contributed by atoms with van der Waals surface area (Å²) in [5.41, 5.74) is 4.22. The average molecular weight is 211 g/mol. The smallest absolute Gasteiger partial charge is 0.0655 e. The largest absolute Gasteiger partial charge is 0.282 e. The summed E-state index contributed by atoms with van der Waals surface area (Å²) in [5.74, 6) is 0. The molecule has 1 fully saturated rings. The number of benzene rings is 1. The van der Waals surface area contributed by atoms with Crippen molar-refractivity contribution < 1.29 is 0 Å². The Labute approximate surface area is 96.9 Å². The minimum absolute atomic E-state index is 0.224. The van der Waals surface area contributed by atoms with Gasteiger partial charge < -0.3 is 0 Å². The monoisotopic (exact) mass is 211 g/mol. The van der Waals surface area contributed by atoms with Gasteiger partial charge in [-0.05, 0) is 37.7 Å². The van der Waals surface area contributed by atoms with E-state index in [1.54, 1.807) is 0 Å². The molecular weight excluding hydrogens is 194 g/mol. The van der Waals surface area contributed by atoms with Crippen molar-refractivity contribution in [1.29, 1.82) is 0 Å². The Balaban J connectivity index is 1.90. The standard InChI is InChI=1S/C15H17N/c1-12-7-9-15(11-12)10-8-14(16-15)13-5-3-2-4-6-13/h2-6H,1,7-11H2/t15-/m0/s1. The lowest BCUT2D eigenvalue weighted by Gasteiger charge is -2.17. The molecule has 1 saturated carbocycles. The van der Waals surface area contributed by atoms with Gasteiger partial charge in [-0.3, -0.25) is 4.99 Å². The van der Waals surface area contributed by atoms with Crippen LogP contribution in [-0.4, -0.2) is 11.3 Å². The first-order valence-electron chi connectivity index (χ1n) is 6.08. The van der Waals surface area contributed by atoms with Crippen molar-refractivity contribution in [3.05, 3.63) is 48.0 Å². The summed E-state index contributed by atoms with van der Waals surface area (Å²) in [6.07, 6.45) is 5.85. The molecule has 3 rings (SSSR count). The first kappa shape index (κ1) is 9.83. The molecule has 1 aliphatic carbocycles. The van der Waals surface area contributed by atoms with Gasteiger partial charge in [0.05, 0.1) is 5.54 Å². The summed E-state index contributed by atoms with van der Waals surface area (Å²) in [6, 6.07) is 10.6. The van der Waals surface area contributed by atoms with Crippen LogP contribution in [0.5, 0.6) is 0 Å². The lowest BCUT2D eigenvalue weighted by molar-refractivity contribution is 0.448. The lowest BCUT2D eigenvalue weighted by Crippen LogP contribution is -2.17. The van der Waals surface area contributed by atoms with E-state index in [2.05, 4.69) is 36.9 Å². The number of hydrogen-bond donors (Lipinski definition) is 0. The summed E-state index contributed by atoms with van der Waals surface area (Å²) < 4.78 is 0. The Kier molecular flexibility index (Phi) is 2.20. The van der Waals surface area contributed by atoms with Crippen LogP contribution in [0.2, 0.25) is 0 Å². The second-order valence-corrected chi connectivity index (χ2v) is 5.08. The maximum absolute atomic E-state index is 5.00. The Bertz CT molecular complexity index is 444. The molecule has 1 nitrogen and oxygen atoms in total. The summed E-state index contributed by atoms with van der Waals surface area (Å²) in [4.78, 5) is 5.00. The molecule has 82 valence electrons. The minimum Gasteiger partial charge on any atom is -0.282 e. The summed E-state index contributed by atoms with van der Waals surface area (Å²) in [5, 5.41) is 0. The van der Waals surface area contributed by atoms with Crippen LogP contribution in [-0.2, 0) is 0 Å². The number of nitrogens with zero attached hydrogens (tertiary/aromatic N) is 1. The van der Waals surface area contributed by atoms with Crippen LogP contribution in [0.1, 0.15) is 37.7 Å². The van der Waals surface area contributed by atoms with Gasteiger partial charge in [-0.15, -0.1) is 0 Å². The Hall–Kier alpha value is -1.37. The number of rotatable bonds is 1. The van der Waals surface area contributed by atoms with Crippen LogP contribution in [0.25, 0.3) is 0 Å². The average Bonchev–Trinajstić information content (AvgIpc) is 2.88. The first-order valence-corrected chi connectivity index (χ1v) is 6.08. The van der Waals surface area contributed by atoms with Crippen LogP contribution in [0, 0.1) is 0 Å². The van der Waals surface area contributed by atoms with Crippen molar-refractivity contribution in [2.75, 3.05) is 0 Å². The third-order valence-corrected chi connectivity index (χ3v) is 3.83. The van der Waals surface area contributed by atoms with Crippen molar-refractivity contribution in [2.45, 2.75) is 37.6 Å². The molecule has 1 aromatic rings. The zero-order chi connectivity index (χ0) is 11.0. The van der Waals surface area contributed by atoms with Crippen molar-refractivity contribution >= 4 is 5.71 Å². The zero-order valence-corrected chi connectivity index (χ0v) is 9.58. The second-order valence-electron chi connectivity index (χ2n) is 5.08. The van der Waals surface area contributed by atoms with E-state index in [1.165, 1.54) is 36.1 Å². The van der Waals surface area contributed by atoms with Crippen molar-refractivity contribution in [3.63, 3.8) is 0 Å². The molecule has 1 heterocycles. The van der Waals surface area contributed by atoms with Gasteiger partial charge in [-0.25, -0.2) is 0 Å². The van der Waals surface area contributed by atoms with Gasteiger partial charge >= 0.3 is 0 Å². The predicted molar refractivity (Wildman–Crippen MR) is 67.9 cm³/mol. The van der Waals surface area contributed by atoms with Crippen LogP contribution in [0.15, 0.2) is 47.5 Å². The van der Waals surface area contributed by atoms with Gasteiger partial charge in [0.2, 0.25) is 0 Å². The van der Waals surface area contributed by atoms with Gasteiger partial charge in [0.15, 0.2) is 0 Å². The maximum Gasteiger partial charge on any atom is 0.0655 e. The number of hydrogen-bond acceptors (Lipinski definition) is 1. The molecule has 0 aromatic heterocycles. The van der Waals surface area contributed by atoms with Crippen LogP contribution >= 0.6 is 0 Å². The molecule has 1 spiro atoms. The summed E-state index contributed by atoms with van der Waals surface area (Å²) in [7, 11) is 0. The fourth-order valence-electron chi connectivity index (χ4n) is 2.95. The summed E-state index contributed by atoms with van der Waals surface area (Å²) in [6.45, 7) is 4.10. The van der Waals surface area contributed by atoms with Crippen LogP contribution in [0.3, 0.4) is 0 Å². The third-order valence-electron chi connectivity index (χ3n) is 3.83. The van der Waals surface area contributed by atoms with Gasteiger partial charge in [-0.1, -0.05) is 42.5 Å². The van der Waals surface area contributed by atoms with E-state index in [0.29, 0.717) is 0 Å². The van der Waals surface area contributed by atoms with Gasteiger partial charge in [0.25, 0.3) is 0 Å². The SMILES string of the molecule is C=C1CC[C@]2(CCC(c3ccccc3)=N2)C1. The highest BCUT2D eigenvalue weighted by Crippen LogP contribution is 2.43. The Morgan fingerprint density at radius 3 is 2.50 bits per heavy atom. The van der Waals surface area contributed by atoms with E-state index in [0.717, 1.165) is 12.8 Å². The van der Waals surface area contributed by atoms with Crippen molar-refractivity contribution in [3.8, 4) is 0 Å². The molecule has 0 amide bonds.